The number of hydrogen-bond donors (Lipinski definition) is 2. The molecule has 0 aliphatic rings. The van der Waals surface area contributed by atoms with E-state index < -0.39 is 0 Å². The Labute approximate surface area is 101 Å². The summed E-state index contributed by atoms with van der Waals surface area (Å²) in [6, 6.07) is 0. The monoisotopic (exact) mass is 234 g/mol. The predicted octanol–water partition coefficient (Wildman–Crippen LogP) is 4.74. The molecule has 0 N–H and O–H groups in total. The normalized spacial score (nSPS) is 15.4. The lowest BCUT2D eigenvalue weighted by Gasteiger charge is -2.17. The van der Waals surface area contributed by atoms with Crippen LogP contribution in [0.25, 0.3) is 0 Å². The van der Waals surface area contributed by atoms with Crippen molar-refractivity contribution in [1.29, 1.82) is 0 Å². The zero-order valence-corrected chi connectivity index (χ0v) is 11.5. The SMILES string of the molecule is CCCCC[C@H](S)[C@@H](S)CCCCC. The fourth-order valence-corrected chi connectivity index (χ4v) is 2.26. The second-order valence-corrected chi connectivity index (χ2v) is 5.45. The molecule has 0 aliphatic heterocycles. The highest BCUT2D eigenvalue weighted by Crippen LogP contribution is 2.21. The molecule has 0 aromatic rings. The molecule has 2 heteroatoms. The van der Waals surface area contributed by atoms with Crippen molar-refractivity contribution in [2.24, 2.45) is 0 Å². The summed E-state index contributed by atoms with van der Waals surface area (Å²) in [6.45, 7) is 4.49. The van der Waals surface area contributed by atoms with E-state index in [1.807, 2.05) is 0 Å². The molecule has 0 fully saturated rings. The lowest BCUT2D eigenvalue weighted by atomic mass is 10.1. The molecule has 0 unspecified atom stereocenters. The molecule has 2 atom stereocenters. The van der Waals surface area contributed by atoms with E-state index in [0.717, 1.165) is 0 Å². The third kappa shape index (κ3) is 8.05. The van der Waals surface area contributed by atoms with Crippen LogP contribution in [0.1, 0.15) is 65.2 Å². The number of thiol groups is 2. The van der Waals surface area contributed by atoms with Crippen LogP contribution < -0.4 is 0 Å². The van der Waals surface area contributed by atoms with Gasteiger partial charge in [0.1, 0.15) is 0 Å². The fraction of sp³-hybridized carbons (Fsp3) is 1.00. The number of rotatable bonds is 9. The van der Waals surface area contributed by atoms with E-state index >= 15 is 0 Å². The smallest absolute Gasteiger partial charge is 0.0133 e. The van der Waals surface area contributed by atoms with E-state index in [2.05, 4.69) is 39.1 Å². The lowest BCUT2D eigenvalue weighted by Crippen LogP contribution is -2.15. The first-order valence-electron chi connectivity index (χ1n) is 6.08. The van der Waals surface area contributed by atoms with Crippen molar-refractivity contribution in [1.82, 2.24) is 0 Å². The summed E-state index contributed by atoms with van der Waals surface area (Å²) in [6.07, 6.45) is 10.4. The third-order valence-electron chi connectivity index (χ3n) is 2.65. The standard InChI is InChI=1S/C12H26S2/c1-3-5-7-9-11(13)12(14)10-8-6-4-2/h11-14H,3-10H2,1-2H3/t11-,12-/m0/s1. The van der Waals surface area contributed by atoms with Crippen LogP contribution in [0.5, 0.6) is 0 Å². The van der Waals surface area contributed by atoms with E-state index in [-0.39, 0.29) is 0 Å². The molecule has 0 aromatic heterocycles. The van der Waals surface area contributed by atoms with E-state index in [4.69, 9.17) is 0 Å². The molecule has 86 valence electrons. The molecule has 0 saturated carbocycles. The van der Waals surface area contributed by atoms with Gasteiger partial charge in [0.25, 0.3) is 0 Å². The summed E-state index contributed by atoms with van der Waals surface area (Å²) < 4.78 is 0. The van der Waals surface area contributed by atoms with Crippen molar-refractivity contribution >= 4 is 25.3 Å². The Kier molecular flexibility index (Phi) is 10.7. The molecule has 0 spiro atoms. The van der Waals surface area contributed by atoms with E-state index in [1.165, 1.54) is 51.4 Å². The van der Waals surface area contributed by atoms with Gasteiger partial charge in [-0.2, -0.15) is 25.3 Å². The van der Waals surface area contributed by atoms with Crippen molar-refractivity contribution in [3.05, 3.63) is 0 Å². The maximum Gasteiger partial charge on any atom is 0.0133 e. The van der Waals surface area contributed by atoms with Gasteiger partial charge in [-0.25, -0.2) is 0 Å². The zero-order chi connectivity index (χ0) is 10.8. The van der Waals surface area contributed by atoms with E-state index in [0.29, 0.717) is 10.5 Å². The molecule has 0 heterocycles. The van der Waals surface area contributed by atoms with Gasteiger partial charge in [0.2, 0.25) is 0 Å². The predicted molar refractivity (Wildman–Crippen MR) is 73.8 cm³/mol. The van der Waals surface area contributed by atoms with Crippen LogP contribution in [0.2, 0.25) is 0 Å². The van der Waals surface area contributed by atoms with Gasteiger partial charge in [0.15, 0.2) is 0 Å². The molecule has 14 heavy (non-hydrogen) atoms. The van der Waals surface area contributed by atoms with Gasteiger partial charge in [-0.3, -0.25) is 0 Å². The summed E-state index contributed by atoms with van der Waals surface area (Å²) >= 11 is 9.25. The molecular weight excluding hydrogens is 208 g/mol. The average Bonchev–Trinajstić information content (AvgIpc) is 2.18. The van der Waals surface area contributed by atoms with E-state index in [9.17, 15) is 0 Å². The molecule has 0 nitrogen and oxygen atoms in total. The molecule has 0 rings (SSSR count). The van der Waals surface area contributed by atoms with E-state index in [1.54, 1.807) is 0 Å². The van der Waals surface area contributed by atoms with Crippen LogP contribution >= 0.6 is 25.3 Å². The highest BCUT2D eigenvalue weighted by Gasteiger charge is 2.12. The molecule has 0 amide bonds. The van der Waals surface area contributed by atoms with Crippen LogP contribution in [-0.2, 0) is 0 Å². The lowest BCUT2D eigenvalue weighted by molar-refractivity contribution is 0.586. The topological polar surface area (TPSA) is 0 Å². The van der Waals surface area contributed by atoms with Crippen molar-refractivity contribution in [3.63, 3.8) is 0 Å². The molecule has 0 aliphatic carbocycles. The maximum atomic E-state index is 4.62. The Hall–Kier alpha value is 0.700. The summed E-state index contributed by atoms with van der Waals surface area (Å²) in [5, 5.41) is 1.00. The molecule has 0 saturated heterocycles. The average molecular weight is 234 g/mol. The minimum atomic E-state index is 0.502. The highest BCUT2D eigenvalue weighted by molar-refractivity contribution is 7.85. The molecule has 0 aromatic carbocycles. The summed E-state index contributed by atoms with van der Waals surface area (Å²) in [5.74, 6) is 0. The zero-order valence-electron chi connectivity index (χ0n) is 9.71. The molecule has 0 bridgehead atoms. The Morgan fingerprint density at radius 2 is 1.07 bits per heavy atom. The molecule has 0 radical (unpaired) electrons. The number of unbranched alkanes of at least 4 members (excludes halogenated alkanes) is 4. The Bertz CT molecular complexity index is 101. The fourth-order valence-electron chi connectivity index (χ4n) is 1.59. The Morgan fingerprint density at radius 3 is 1.36 bits per heavy atom. The van der Waals surface area contributed by atoms with Crippen LogP contribution in [-0.4, -0.2) is 10.5 Å². The summed E-state index contributed by atoms with van der Waals surface area (Å²) in [5.41, 5.74) is 0. The number of hydrogen-bond acceptors (Lipinski definition) is 2. The first kappa shape index (κ1) is 14.7. The van der Waals surface area contributed by atoms with Gasteiger partial charge in [0.05, 0.1) is 0 Å². The Balaban J connectivity index is 3.39. The van der Waals surface area contributed by atoms with Gasteiger partial charge in [-0.05, 0) is 12.8 Å². The quantitative estimate of drug-likeness (QED) is 0.418. The van der Waals surface area contributed by atoms with Gasteiger partial charge < -0.3 is 0 Å². The van der Waals surface area contributed by atoms with Crippen molar-refractivity contribution in [2.75, 3.05) is 0 Å². The summed E-state index contributed by atoms with van der Waals surface area (Å²) in [7, 11) is 0. The third-order valence-corrected chi connectivity index (χ3v) is 4.12. The van der Waals surface area contributed by atoms with Gasteiger partial charge in [0, 0.05) is 10.5 Å². The van der Waals surface area contributed by atoms with Crippen LogP contribution in [0.3, 0.4) is 0 Å². The van der Waals surface area contributed by atoms with Crippen molar-refractivity contribution in [2.45, 2.75) is 75.7 Å². The second kappa shape index (κ2) is 10.2. The maximum absolute atomic E-state index is 4.62. The Morgan fingerprint density at radius 1 is 0.714 bits per heavy atom. The van der Waals surface area contributed by atoms with Crippen molar-refractivity contribution in [3.8, 4) is 0 Å². The molecular formula is C12H26S2. The van der Waals surface area contributed by atoms with Gasteiger partial charge in [-0.15, -0.1) is 0 Å². The minimum absolute atomic E-state index is 0.502. The minimum Gasteiger partial charge on any atom is -0.175 e. The first-order chi connectivity index (χ1) is 6.72. The van der Waals surface area contributed by atoms with Crippen molar-refractivity contribution < 1.29 is 0 Å². The van der Waals surface area contributed by atoms with Gasteiger partial charge >= 0.3 is 0 Å². The highest BCUT2D eigenvalue weighted by atomic mass is 32.1. The largest absolute Gasteiger partial charge is 0.175 e. The second-order valence-electron chi connectivity index (χ2n) is 4.13. The summed E-state index contributed by atoms with van der Waals surface area (Å²) in [4.78, 5) is 0. The van der Waals surface area contributed by atoms with Crippen LogP contribution in [0, 0.1) is 0 Å². The van der Waals surface area contributed by atoms with Gasteiger partial charge in [-0.1, -0.05) is 52.4 Å². The first-order valence-corrected chi connectivity index (χ1v) is 7.11. The van der Waals surface area contributed by atoms with Crippen LogP contribution in [0.4, 0.5) is 0 Å². The van der Waals surface area contributed by atoms with Crippen LogP contribution in [0.15, 0.2) is 0 Å².